The van der Waals surface area contributed by atoms with Crippen molar-refractivity contribution in [2.45, 2.75) is 37.4 Å². The van der Waals surface area contributed by atoms with E-state index >= 15 is 0 Å². The van der Waals surface area contributed by atoms with E-state index in [1.807, 2.05) is 0 Å². The van der Waals surface area contributed by atoms with Crippen LogP contribution >= 0.6 is 0 Å². The van der Waals surface area contributed by atoms with Crippen molar-refractivity contribution in [3.8, 4) is 0 Å². The van der Waals surface area contributed by atoms with Crippen molar-refractivity contribution in [2.24, 2.45) is 22.2 Å². The highest BCUT2D eigenvalue weighted by molar-refractivity contribution is 5.95. The van der Waals surface area contributed by atoms with Gasteiger partial charge in [-0.3, -0.25) is 24.2 Å². The number of hydrogen-bond acceptors (Lipinski definition) is 8. The van der Waals surface area contributed by atoms with Crippen LogP contribution in [0.25, 0.3) is 0 Å². The van der Waals surface area contributed by atoms with Gasteiger partial charge in [0.25, 0.3) is 0 Å². The van der Waals surface area contributed by atoms with Gasteiger partial charge in [0.1, 0.15) is 18.1 Å². The second-order valence-corrected chi connectivity index (χ2v) is 6.01. The Kier molecular flexibility index (Phi) is 12.1. The fourth-order valence-electron chi connectivity index (χ4n) is 2.14. The maximum Gasteiger partial charge on any atom is 0.326 e. The molecule has 0 fully saturated rings. The van der Waals surface area contributed by atoms with Gasteiger partial charge in [-0.1, -0.05) is 0 Å². The third-order valence-electron chi connectivity index (χ3n) is 3.59. The summed E-state index contributed by atoms with van der Waals surface area (Å²) in [6, 6.07) is -4.55. The van der Waals surface area contributed by atoms with Gasteiger partial charge in [0.05, 0.1) is 19.6 Å². The fraction of sp³-hybridized carbons (Fsp3) is 0.600. The third-order valence-corrected chi connectivity index (χ3v) is 3.59. The molecule has 0 saturated carbocycles. The lowest BCUT2D eigenvalue weighted by atomic mass is 10.1. The van der Waals surface area contributed by atoms with E-state index < -0.39 is 67.4 Å². The second kappa shape index (κ2) is 13.7. The van der Waals surface area contributed by atoms with Crippen molar-refractivity contribution >= 4 is 35.6 Å². The van der Waals surface area contributed by atoms with Crippen LogP contribution in [0.2, 0.25) is 0 Å². The van der Waals surface area contributed by atoms with Gasteiger partial charge < -0.3 is 48.5 Å². The van der Waals surface area contributed by atoms with Gasteiger partial charge in [-0.15, -0.1) is 0 Å². The Labute approximate surface area is 171 Å². The van der Waals surface area contributed by atoms with Crippen LogP contribution in [0.5, 0.6) is 0 Å². The molecular formula is C15H27N7O8. The Morgan fingerprint density at radius 3 is 1.93 bits per heavy atom. The minimum atomic E-state index is -1.67. The zero-order valence-corrected chi connectivity index (χ0v) is 16.0. The Hall–Kier alpha value is -3.46. The Balaban J connectivity index is 5.15. The summed E-state index contributed by atoms with van der Waals surface area (Å²) < 4.78 is 0. The number of rotatable bonds is 14. The lowest BCUT2D eigenvalue weighted by Gasteiger charge is -2.22. The fourth-order valence-corrected chi connectivity index (χ4v) is 2.14. The Morgan fingerprint density at radius 1 is 0.900 bits per heavy atom. The normalized spacial score (nSPS) is 13.3. The Morgan fingerprint density at radius 2 is 1.47 bits per heavy atom. The minimum Gasteiger partial charge on any atom is -0.481 e. The number of aliphatic carboxylic acids is 2. The summed E-state index contributed by atoms with van der Waals surface area (Å²) in [6.07, 6.45) is -0.749. The molecule has 3 unspecified atom stereocenters. The summed E-state index contributed by atoms with van der Waals surface area (Å²) in [7, 11) is 0. The number of amides is 3. The monoisotopic (exact) mass is 433 g/mol. The number of carbonyl (C=O) groups excluding carboxylic acids is 3. The number of aliphatic imine (C=N–C) groups is 1. The molecule has 12 N–H and O–H groups in total. The van der Waals surface area contributed by atoms with Gasteiger partial charge in [0, 0.05) is 6.54 Å². The molecule has 0 aliphatic carbocycles. The molecule has 3 atom stereocenters. The van der Waals surface area contributed by atoms with Crippen LogP contribution in [-0.4, -0.2) is 88.8 Å². The molecule has 170 valence electrons. The summed E-state index contributed by atoms with van der Waals surface area (Å²) in [4.78, 5) is 61.9. The molecule has 3 amide bonds. The van der Waals surface area contributed by atoms with Crippen molar-refractivity contribution in [2.75, 3.05) is 19.7 Å². The number of carboxylic acids is 2. The van der Waals surface area contributed by atoms with Gasteiger partial charge in [-0.25, -0.2) is 4.79 Å². The highest BCUT2D eigenvalue weighted by Gasteiger charge is 2.30. The molecular weight excluding hydrogens is 406 g/mol. The summed E-state index contributed by atoms with van der Waals surface area (Å²) in [5.74, 6) is -5.94. The largest absolute Gasteiger partial charge is 0.481 e. The first-order chi connectivity index (χ1) is 14.0. The van der Waals surface area contributed by atoms with E-state index in [4.69, 9.17) is 22.3 Å². The molecule has 0 rings (SSSR count). The van der Waals surface area contributed by atoms with E-state index in [1.165, 1.54) is 0 Å². The molecule has 0 spiro atoms. The highest BCUT2D eigenvalue weighted by atomic mass is 16.4. The summed E-state index contributed by atoms with van der Waals surface area (Å²) in [5, 5.41) is 33.7. The first kappa shape index (κ1) is 26.5. The van der Waals surface area contributed by atoms with Crippen LogP contribution in [-0.2, 0) is 24.0 Å². The van der Waals surface area contributed by atoms with Crippen molar-refractivity contribution in [3.63, 3.8) is 0 Å². The lowest BCUT2D eigenvalue weighted by molar-refractivity contribution is -0.143. The first-order valence-corrected chi connectivity index (χ1v) is 8.72. The van der Waals surface area contributed by atoms with Crippen molar-refractivity contribution in [1.29, 1.82) is 0 Å². The van der Waals surface area contributed by atoms with Crippen molar-refractivity contribution < 1.29 is 39.3 Å². The van der Waals surface area contributed by atoms with Crippen LogP contribution in [0, 0.1) is 0 Å². The van der Waals surface area contributed by atoms with Crippen molar-refractivity contribution in [1.82, 2.24) is 16.0 Å². The van der Waals surface area contributed by atoms with E-state index in [9.17, 15) is 34.2 Å². The van der Waals surface area contributed by atoms with E-state index in [0.29, 0.717) is 0 Å². The molecule has 15 nitrogen and oxygen atoms in total. The van der Waals surface area contributed by atoms with Crippen LogP contribution in [0.15, 0.2) is 4.99 Å². The first-order valence-electron chi connectivity index (χ1n) is 8.72. The number of nitrogens with zero attached hydrogens (tertiary/aromatic N) is 1. The van der Waals surface area contributed by atoms with Crippen LogP contribution in [0.3, 0.4) is 0 Å². The molecule has 0 aromatic heterocycles. The van der Waals surface area contributed by atoms with E-state index in [1.54, 1.807) is 0 Å². The molecule has 0 radical (unpaired) electrons. The summed E-state index contributed by atoms with van der Waals surface area (Å²) in [5.41, 5.74) is 15.4. The highest BCUT2D eigenvalue weighted by Crippen LogP contribution is 2.02. The third kappa shape index (κ3) is 10.8. The maximum atomic E-state index is 12.4. The van der Waals surface area contributed by atoms with Gasteiger partial charge in [-0.05, 0) is 12.8 Å². The lowest BCUT2D eigenvalue weighted by Crippen LogP contribution is -2.57. The average molecular weight is 433 g/mol. The number of aliphatic hydroxyl groups is 1. The van der Waals surface area contributed by atoms with Gasteiger partial charge >= 0.3 is 11.9 Å². The SMILES string of the molecule is NCC(=O)NC(CO)C(=O)NC(CC(=O)O)C(=O)NC(CCCN=C(N)N)C(=O)O. The molecule has 0 saturated heterocycles. The molecule has 0 aliphatic rings. The topological polar surface area (TPSA) is 273 Å². The van der Waals surface area contributed by atoms with Gasteiger partial charge in [0.15, 0.2) is 5.96 Å². The zero-order valence-electron chi connectivity index (χ0n) is 16.0. The number of nitrogens with two attached hydrogens (primary N) is 3. The predicted molar refractivity (Wildman–Crippen MR) is 102 cm³/mol. The van der Waals surface area contributed by atoms with Gasteiger partial charge in [0.2, 0.25) is 17.7 Å². The van der Waals surface area contributed by atoms with E-state index in [-0.39, 0.29) is 25.3 Å². The molecule has 0 aliphatic heterocycles. The van der Waals surface area contributed by atoms with Crippen LogP contribution in [0.1, 0.15) is 19.3 Å². The molecule has 30 heavy (non-hydrogen) atoms. The molecule has 15 heteroatoms. The Bertz CT molecular complexity index is 665. The molecule has 0 heterocycles. The summed E-state index contributed by atoms with van der Waals surface area (Å²) in [6.45, 7) is -1.21. The summed E-state index contributed by atoms with van der Waals surface area (Å²) >= 11 is 0. The number of aliphatic hydroxyl groups excluding tert-OH is 1. The number of guanidine groups is 1. The second-order valence-electron chi connectivity index (χ2n) is 6.01. The number of carboxylic acid groups (broad SMARTS) is 2. The number of nitrogens with one attached hydrogen (secondary N) is 3. The number of carbonyl (C=O) groups is 5. The zero-order chi connectivity index (χ0) is 23.3. The van der Waals surface area contributed by atoms with Crippen LogP contribution < -0.4 is 33.2 Å². The quantitative estimate of drug-likeness (QED) is 0.0710. The van der Waals surface area contributed by atoms with Crippen LogP contribution in [0.4, 0.5) is 0 Å². The van der Waals surface area contributed by atoms with E-state index in [0.717, 1.165) is 0 Å². The average Bonchev–Trinajstić information content (AvgIpc) is 2.66. The maximum absolute atomic E-state index is 12.4. The molecule has 0 aromatic rings. The predicted octanol–water partition coefficient (Wildman–Crippen LogP) is -5.00. The van der Waals surface area contributed by atoms with E-state index in [2.05, 4.69) is 20.9 Å². The smallest absolute Gasteiger partial charge is 0.326 e. The van der Waals surface area contributed by atoms with Gasteiger partial charge in [-0.2, -0.15) is 0 Å². The number of hydrogen-bond donors (Lipinski definition) is 9. The molecule has 0 aromatic carbocycles. The standard InChI is InChI=1S/C15H27N7O8/c16-5-10(24)20-9(6-23)13(28)22-8(4-11(25)26)12(27)21-7(14(29)30)2-1-3-19-15(17)18/h7-9,23H,1-6,16H2,(H,20,24)(H,21,27)(H,22,28)(H,25,26)(H,29,30)(H4,17,18,19). The van der Waals surface area contributed by atoms with Crippen molar-refractivity contribution in [3.05, 3.63) is 0 Å². The minimum absolute atomic E-state index is 0.0720. The molecule has 0 bridgehead atoms.